The lowest BCUT2D eigenvalue weighted by molar-refractivity contribution is -0.143. The smallest absolute Gasteiger partial charge is 0.337 e. The van der Waals surface area contributed by atoms with Crippen LogP contribution in [0.2, 0.25) is 0 Å². The van der Waals surface area contributed by atoms with E-state index in [4.69, 9.17) is 14.2 Å². The van der Waals surface area contributed by atoms with Gasteiger partial charge in [0, 0.05) is 0 Å². The first kappa shape index (κ1) is 17.7. The lowest BCUT2D eigenvalue weighted by atomic mass is 9.87. The van der Waals surface area contributed by atoms with Crippen LogP contribution in [0.3, 0.4) is 0 Å². The van der Waals surface area contributed by atoms with E-state index in [1.165, 1.54) is 0 Å². The minimum atomic E-state index is -0.485. The molecule has 0 aromatic rings. The van der Waals surface area contributed by atoms with E-state index < -0.39 is 24.1 Å². The Morgan fingerprint density at radius 3 is 1.52 bits per heavy atom. The predicted molar refractivity (Wildman–Crippen MR) is 85.7 cm³/mol. The van der Waals surface area contributed by atoms with E-state index in [0.29, 0.717) is 24.4 Å². The van der Waals surface area contributed by atoms with E-state index in [2.05, 4.69) is 0 Å². The molecule has 2 aliphatic heterocycles. The molecule has 0 radical (unpaired) electrons. The van der Waals surface area contributed by atoms with E-state index >= 15 is 0 Å². The first-order valence-corrected chi connectivity index (χ1v) is 8.15. The molecule has 2 heterocycles. The Balaban J connectivity index is 2.26. The number of carbonyl (C=O) groups is 2. The average molecular weight is 322 g/mol. The van der Waals surface area contributed by atoms with Gasteiger partial charge in [0.2, 0.25) is 0 Å². The summed E-state index contributed by atoms with van der Waals surface area (Å²) in [6.07, 6.45) is -0.970. The summed E-state index contributed by atoms with van der Waals surface area (Å²) in [5, 5.41) is 0. The van der Waals surface area contributed by atoms with Gasteiger partial charge in [-0.05, 0) is 36.8 Å². The van der Waals surface area contributed by atoms with Gasteiger partial charge in [0.25, 0.3) is 0 Å². The Morgan fingerprint density at radius 2 is 1.22 bits per heavy atom. The van der Waals surface area contributed by atoms with Crippen LogP contribution in [-0.2, 0) is 23.8 Å². The Bertz CT molecular complexity index is 520. The van der Waals surface area contributed by atoms with Crippen molar-refractivity contribution in [2.24, 2.45) is 11.8 Å². The summed E-state index contributed by atoms with van der Waals surface area (Å²) >= 11 is 0. The molecular formula is C18H26O5. The van der Waals surface area contributed by atoms with Crippen LogP contribution in [0, 0.1) is 11.8 Å². The Hall–Kier alpha value is -1.62. The summed E-state index contributed by atoms with van der Waals surface area (Å²) in [5.74, 6) is -0.494. The number of carbonyl (C=O) groups excluding carboxylic acids is 2. The molecule has 0 fully saturated rings. The third-order valence-electron chi connectivity index (χ3n) is 4.03. The molecule has 0 amide bonds. The summed E-state index contributed by atoms with van der Waals surface area (Å²) in [6.45, 7) is 12.3. The number of ether oxygens (including phenoxy) is 3. The van der Waals surface area contributed by atoms with Crippen LogP contribution in [0.25, 0.3) is 0 Å². The SMILES string of the molecule is CC1=C(C)C2OC1C(C(=O)OCC(C)C)=C2C(=O)OCC(C)C. The molecule has 5 heteroatoms. The second kappa shape index (κ2) is 6.87. The van der Waals surface area contributed by atoms with Gasteiger partial charge in [-0.1, -0.05) is 27.7 Å². The van der Waals surface area contributed by atoms with Gasteiger partial charge in [-0.25, -0.2) is 9.59 Å². The van der Waals surface area contributed by atoms with Crippen molar-refractivity contribution in [2.75, 3.05) is 13.2 Å². The van der Waals surface area contributed by atoms with E-state index in [1.54, 1.807) is 0 Å². The molecule has 0 N–H and O–H groups in total. The molecule has 2 rings (SSSR count). The molecule has 2 bridgehead atoms. The maximum Gasteiger partial charge on any atom is 0.337 e. The molecule has 2 aliphatic rings. The predicted octanol–water partition coefficient (Wildman–Crippen LogP) is 2.80. The molecule has 0 aromatic heterocycles. The van der Waals surface area contributed by atoms with Crippen molar-refractivity contribution in [3.63, 3.8) is 0 Å². The van der Waals surface area contributed by atoms with Crippen LogP contribution in [0.1, 0.15) is 41.5 Å². The normalized spacial score (nSPS) is 23.3. The largest absolute Gasteiger partial charge is 0.462 e. The Kier molecular flexibility index (Phi) is 5.30. The van der Waals surface area contributed by atoms with Gasteiger partial charge in [0.1, 0.15) is 12.2 Å². The molecule has 0 saturated carbocycles. The maximum absolute atomic E-state index is 12.5. The standard InChI is InChI=1S/C18H26O5/c1-9(2)7-21-17(19)13-14(18(20)22-8-10(3)4)16-12(6)11(5)15(13)23-16/h9-10,15-16H,7-8H2,1-6H3. The van der Waals surface area contributed by atoms with Crippen molar-refractivity contribution >= 4 is 11.9 Å². The topological polar surface area (TPSA) is 61.8 Å². The zero-order chi connectivity index (χ0) is 17.3. The van der Waals surface area contributed by atoms with Gasteiger partial charge < -0.3 is 14.2 Å². The van der Waals surface area contributed by atoms with Crippen LogP contribution in [-0.4, -0.2) is 37.4 Å². The molecule has 23 heavy (non-hydrogen) atoms. The number of esters is 2. The van der Waals surface area contributed by atoms with Crippen LogP contribution in [0.4, 0.5) is 0 Å². The van der Waals surface area contributed by atoms with Crippen LogP contribution in [0.15, 0.2) is 22.3 Å². The number of hydrogen-bond donors (Lipinski definition) is 0. The van der Waals surface area contributed by atoms with E-state index in [-0.39, 0.29) is 11.8 Å². The summed E-state index contributed by atoms with van der Waals surface area (Å²) in [6, 6.07) is 0. The third-order valence-corrected chi connectivity index (χ3v) is 4.03. The Labute approximate surface area is 137 Å². The molecule has 0 spiro atoms. The highest BCUT2D eigenvalue weighted by molar-refractivity contribution is 6.04. The van der Waals surface area contributed by atoms with Gasteiger partial charge in [0.05, 0.1) is 24.4 Å². The van der Waals surface area contributed by atoms with Crippen molar-refractivity contribution in [3.8, 4) is 0 Å². The highest BCUT2D eigenvalue weighted by atomic mass is 16.6. The summed E-state index contributed by atoms with van der Waals surface area (Å²) in [5.41, 5.74) is 2.58. The lowest BCUT2D eigenvalue weighted by Crippen LogP contribution is -2.26. The zero-order valence-electron chi connectivity index (χ0n) is 14.8. The van der Waals surface area contributed by atoms with Crippen LogP contribution < -0.4 is 0 Å². The fourth-order valence-corrected chi connectivity index (χ4v) is 2.68. The van der Waals surface area contributed by atoms with Gasteiger partial charge in [-0.3, -0.25) is 0 Å². The van der Waals surface area contributed by atoms with Crippen molar-refractivity contribution in [3.05, 3.63) is 22.3 Å². The molecule has 0 aliphatic carbocycles. The van der Waals surface area contributed by atoms with Gasteiger partial charge in [-0.15, -0.1) is 0 Å². The van der Waals surface area contributed by atoms with Crippen molar-refractivity contribution in [2.45, 2.75) is 53.8 Å². The molecule has 2 unspecified atom stereocenters. The van der Waals surface area contributed by atoms with Crippen molar-refractivity contribution in [1.29, 1.82) is 0 Å². The minimum Gasteiger partial charge on any atom is -0.462 e. The lowest BCUT2D eigenvalue weighted by Gasteiger charge is -2.18. The van der Waals surface area contributed by atoms with Gasteiger partial charge in [-0.2, -0.15) is 0 Å². The highest BCUT2D eigenvalue weighted by Gasteiger charge is 2.49. The van der Waals surface area contributed by atoms with Crippen molar-refractivity contribution < 1.29 is 23.8 Å². The quantitative estimate of drug-likeness (QED) is 0.556. The molecular weight excluding hydrogens is 296 g/mol. The number of fused-ring (bicyclic) bond motifs is 2. The molecule has 128 valence electrons. The minimum absolute atomic E-state index is 0.230. The molecule has 0 aromatic carbocycles. The Morgan fingerprint density at radius 1 is 0.870 bits per heavy atom. The van der Waals surface area contributed by atoms with E-state index in [0.717, 1.165) is 11.1 Å². The monoisotopic (exact) mass is 322 g/mol. The first-order chi connectivity index (χ1) is 10.7. The summed E-state index contributed by atoms with van der Waals surface area (Å²) in [4.78, 5) is 24.9. The summed E-state index contributed by atoms with van der Waals surface area (Å²) < 4.78 is 16.5. The zero-order valence-corrected chi connectivity index (χ0v) is 14.8. The van der Waals surface area contributed by atoms with Crippen LogP contribution in [0.5, 0.6) is 0 Å². The number of rotatable bonds is 6. The van der Waals surface area contributed by atoms with E-state index in [9.17, 15) is 9.59 Å². The van der Waals surface area contributed by atoms with E-state index in [1.807, 2.05) is 41.5 Å². The second-order valence-electron chi connectivity index (χ2n) is 7.07. The average Bonchev–Trinajstić information content (AvgIpc) is 2.99. The fraction of sp³-hybridized carbons (Fsp3) is 0.667. The summed E-state index contributed by atoms with van der Waals surface area (Å²) in [7, 11) is 0. The van der Waals surface area contributed by atoms with Crippen molar-refractivity contribution in [1.82, 2.24) is 0 Å². The highest BCUT2D eigenvalue weighted by Crippen LogP contribution is 2.43. The van der Waals surface area contributed by atoms with Crippen LogP contribution >= 0.6 is 0 Å². The van der Waals surface area contributed by atoms with Gasteiger partial charge in [0.15, 0.2) is 0 Å². The maximum atomic E-state index is 12.5. The molecule has 2 atom stereocenters. The number of hydrogen-bond acceptors (Lipinski definition) is 5. The third kappa shape index (κ3) is 3.50. The molecule has 5 nitrogen and oxygen atoms in total. The second-order valence-corrected chi connectivity index (χ2v) is 7.07. The molecule has 0 saturated heterocycles. The first-order valence-electron chi connectivity index (χ1n) is 8.15. The van der Waals surface area contributed by atoms with Gasteiger partial charge >= 0.3 is 11.9 Å². The fourth-order valence-electron chi connectivity index (χ4n) is 2.68.